The lowest BCUT2D eigenvalue weighted by Crippen LogP contribution is -2.49. The van der Waals surface area contributed by atoms with E-state index < -0.39 is 5.82 Å². The minimum atomic E-state index is -0.596. The molecule has 0 N–H and O–H groups in total. The number of nitrogens with zero attached hydrogens (tertiary/aromatic N) is 7. The minimum absolute atomic E-state index is 0.0538. The van der Waals surface area contributed by atoms with Crippen molar-refractivity contribution < 1.29 is 9.18 Å². The van der Waals surface area contributed by atoms with E-state index in [-0.39, 0.29) is 11.5 Å². The Balaban J connectivity index is 1.51. The number of pyridine rings is 1. The molecule has 4 heterocycles. The van der Waals surface area contributed by atoms with E-state index in [4.69, 9.17) is 0 Å². The number of hydrogen-bond acceptors (Lipinski definition) is 6. The van der Waals surface area contributed by atoms with Crippen molar-refractivity contribution in [1.82, 2.24) is 29.6 Å². The molecule has 1 saturated heterocycles. The quantitative estimate of drug-likeness (QED) is 0.676. The van der Waals surface area contributed by atoms with Crippen LogP contribution in [0, 0.1) is 26.6 Å². The first-order valence-corrected chi connectivity index (χ1v) is 9.45. The second kappa shape index (κ2) is 7.57. The summed E-state index contributed by atoms with van der Waals surface area (Å²) < 4.78 is 15.7. The standard InChI is InChI=1S/C20H22FN7O/c1-13-10-14(2)28(25-13)19-11-18(23-15(3)24-19)26-6-8-27(9-7-26)20(29)16-4-5-22-12-17(16)21/h4-5,10-12H,6-9H2,1-3H3. The molecule has 1 aliphatic heterocycles. The lowest BCUT2D eigenvalue weighted by molar-refractivity contribution is 0.0741. The predicted molar refractivity (Wildman–Crippen MR) is 106 cm³/mol. The Morgan fingerprint density at radius 3 is 2.41 bits per heavy atom. The van der Waals surface area contributed by atoms with E-state index in [1.54, 1.807) is 9.58 Å². The minimum Gasteiger partial charge on any atom is -0.353 e. The molecular formula is C20H22FN7O. The molecule has 1 amide bonds. The Bertz CT molecular complexity index is 1060. The van der Waals surface area contributed by atoms with Gasteiger partial charge < -0.3 is 9.80 Å². The molecule has 0 spiro atoms. The Morgan fingerprint density at radius 1 is 1.03 bits per heavy atom. The van der Waals surface area contributed by atoms with Crippen LogP contribution in [0.25, 0.3) is 5.82 Å². The summed E-state index contributed by atoms with van der Waals surface area (Å²) in [7, 11) is 0. The largest absolute Gasteiger partial charge is 0.353 e. The molecule has 4 rings (SSSR count). The van der Waals surface area contributed by atoms with E-state index in [1.807, 2.05) is 32.9 Å². The maximum absolute atomic E-state index is 13.9. The SMILES string of the molecule is Cc1cc(C)n(-c2cc(N3CCN(C(=O)c4ccncc4F)CC3)nc(C)n2)n1. The smallest absolute Gasteiger partial charge is 0.257 e. The number of carbonyl (C=O) groups excluding carboxylic acids is 1. The van der Waals surface area contributed by atoms with Crippen LogP contribution in [0.4, 0.5) is 10.2 Å². The highest BCUT2D eigenvalue weighted by molar-refractivity contribution is 5.94. The van der Waals surface area contributed by atoms with Gasteiger partial charge in [-0.05, 0) is 32.9 Å². The molecular weight excluding hydrogens is 373 g/mol. The van der Waals surface area contributed by atoms with Gasteiger partial charge >= 0.3 is 0 Å². The van der Waals surface area contributed by atoms with Crippen LogP contribution in [0.1, 0.15) is 27.6 Å². The summed E-state index contributed by atoms with van der Waals surface area (Å²) in [6.07, 6.45) is 2.49. The van der Waals surface area contributed by atoms with Crippen molar-refractivity contribution in [3.05, 3.63) is 59.2 Å². The summed E-state index contributed by atoms with van der Waals surface area (Å²) in [6.45, 7) is 7.96. The molecule has 1 aliphatic rings. The van der Waals surface area contributed by atoms with Gasteiger partial charge in [0.15, 0.2) is 11.6 Å². The van der Waals surface area contributed by atoms with Gasteiger partial charge in [-0.15, -0.1) is 0 Å². The van der Waals surface area contributed by atoms with Gasteiger partial charge in [0, 0.05) is 44.1 Å². The molecule has 29 heavy (non-hydrogen) atoms. The predicted octanol–water partition coefficient (Wildman–Crippen LogP) is 2.08. The molecule has 9 heteroatoms. The number of aryl methyl sites for hydroxylation is 3. The number of carbonyl (C=O) groups is 1. The van der Waals surface area contributed by atoms with E-state index in [2.05, 4.69) is 25.0 Å². The van der Waals surface area contributed by atoms with Crippen molar-refractivity contribution in [2.75, 3.05) is 31.1 Å². The Morgan fingerprint density at radius 2 is 1.76 bits per heavy atom. The van der Waals surface area contributed by atoms with Crippen molar-refractivity contribution in [1.29, 1.82) is 0 Å². The Hall–Kier alpha value is -3.36. The lowest BCUT2D eigenvalue weighted by atomic mass is 10.2. The van der Waals surface area contributed by atoms with E-state index in [0.717, 1.165) is 29.2 Å². The number of anilines is 1. The highest BCUT2D eigenvalue weighted by atomic mass is 19.1. The van der Waals surface area contributed by atoms with Crippen LogP contribution in [0.15, 0.2) is 30.6 Å². The second-order valence-electron chi connectivity index (χ2n) is 7.11. The summed E-state index contributed by atoms with van der Waals surface area (Å²) in [5.41, 5.74) is 1.98. The average Bonchev–Trinajstić information content (AvgIpc) is 3.05. The highest BCUT2D eigenvalue weighted by Crippen LogP contribution is 2.20. The molecule has 150 valence electrons. The van der Waals surface area contributed by atoms with Gasteiger partial charge in [-0.3, -0.25) is 9.78 Å². The topological polar surface area (TPSA) is 80.0 Å². The zero-order valence-corrected chi connectivity index (χ0v) is 16.6. The number of hydrogen-bond donors (Lipinski definition) is 0. The summed E-state index contributed by atoms with van der Waals surface area (Å²) in [5.74, 6) is 1.26. The number of rotatable bonds is 3. The fourth-order valence-electron chi connectivity index (χ4n) is 3.53. The van der Waals surface area contributed by atoms with Crippen molar-refractivity contribution in [2.45, 2.75) is 20.8 Å². The summed E-state index contributed by atoms with van der Waals surface area (Å²) >= 11 is 0. The molecule has 0 saturated carbocycles. The van der Waals surface area contributed by atoms with Gasteiger partial charge in [0.25, 0.3) is 5.91 Å². The van der Waals surface area contributed by atoms with Crippen LogP contribution in [0.5, 0.6) is 0 Å². The van der Waals surface area contributed by atoms with Crippen LogP contribution >= 0.6 is 0 Å². The zero-order valence-electron chi connectivity index (χ0n) is 16.6. The molecule has 0 aliphatic carbocycles. The van der Waals surface area contributed by atoms with E-state index in [0.29, 0.717) is 32.0 Å². The van der Waals surface area contributed by atoms with Crippen LogP contribution < -0.4 is 4.90 Å². The second-order valence-corrected chi connectivity index (χ2v) is 7.11. The van der Waals surface area contributed by atoms with E-state index in [1.165, 1.54) is 12.3 Å². The molecule has 0 aromatic carbocycles. The molecule has 3 aromatic rings. The van der Waals surface area contributed by atoms with Gasteiger partial charge in [-0.25, -0.2) is 19.0 Å². The molecule has 0 bridgehead atoms. The van der Waals surface area contributed by atoms with Gasteiger partial charge in [0.1, 0.15) is 11.6 Å². The average molecular weight is 395 g/mol. The third-order valence-corrected chi connectivity index (χ3v) is 4.93. The lowest BCUT2D eigenvalue weighted by Gasteiger charge is -2.35. The van der Waals surface area contributed by atoms with Crippen molar-refractivity contribution in [3.8, 4) is 5.82 Å². The Kier molecular flexibility index (Phi) is 4.96. The monoisotopic (exact) mass is 395 g/mol. The number of aromatic nitrogens is 5. The third kappa shape index (κ3) is 3.80. The van der Waals surface area contributed by atoms with Gasteiger partial charge in [-0.2, -0.15) is 5.10 Å². The van der Waals surface area contributed by atoms with Crippen molar-refractivity contribution >= 4 is 11.7 Å². The van der Waals surface area contributed by atoms with Crippen molar-refractivity contribution in [2.24, 2.45) is 0 Å². The first-order valence-electron chi connectivity index (χ1n) is 9.45. The van der Waals surface area contributed by atoms with Gasteiger partial charge in [0.2, 0.25) is 0 Å². The van der Waals surface area contributed by atoms with E-state index >= 15 is 0 Å². The normalized spacial score (nSPS) is 14.3. The van der Waals surface area contributed by atoms with Crippen LogP contribution in [0.2, 0.25) is 0 Å². The maximum Gasteiger partial charge on any atom is 0.257 e. The van der Waals surface area contributed by atoms with Crippen LogP contribution in [-0.2, 0) is 0 Å². The van der Waals surface area contributed by atoms with E-state index in [9.17, 15) is 9.18 Å². The third-order valence-electron chi connectivity index (χ3n) is 4.93. The molecule has 1 fully saturated rings. The molecule has 8 nitrogen and oxygen atoms in total. The van der Waals surface area contributed by atoms with Crippen LogP contribution in [-0.4, -0.2) is 61.7 Å². The fraction of sp³-hybridized carbons (Fsp3) is 0.350. The van der Waals surface area contributed by atoms with Crippen molar-refractivity contribution in [3.63, 3.8) is 0 Å². The molecule has 0 atom stereocenters. The first kappa shape index (κ1) is 19.0. The fourth-order valence-corrected chi connectivity index (χ4v) is 3.53. The molecule has 3 aromatic heterocycles. The zero-order chi connectivity index (χ0) is 20.5. The van der Waals surface area contributed by atoms with Gasteiger partial charge in [0.05, 0.1) is 17.5 Å². The maximum atomic E-state index is 13.9. The number of halogens is 1. The highest BCUT2D eigenvalue weighted by Gasteiger charge is 2.25. The first-order chi connectivity index (χ1) is 13.9. The summed E-state index contributed by atoms with van der Waals surface area (Å²) in [5, 5.41) is 4.50. The molecule has 0 radical (unpaired) electrons. The summed E-state index contributed by atoms with van der Waals surface area (Å²) in [6, 6.07) is 5.32. The molecule has 0 unspecified atom stereocenters. The number of piperazine rings is 1. The summed E-state index contributed by atoms with van der Waals surface area (Å²) in [4.78, 5) is 29.1. The number of amides is 1. The van der Waals surface area contributed by atoms with Gasteiger partial charge in [-0.1, -0.05) is 0 Å². The van der Waals surface area contributed by atoms with Crippen LogP contribution in [0.3, 0.4) is 0 Å². The Labute approximate surface area is 168 Å².